The van der Waals surface area contributed by atoms with Crippen molar-refractivity contribution >= 4 is 35.7 Å². The maximum absolute atomic E-state index is 11.7. The summed E-state index contributed by atoms with van der Waals surface area (Å²) in [6, 6.07) is 1.99. The van der Waals surface area contributed by atoms with Gasteiger partial charge in [-0.2, -0.15) is 4.68 Å². The number of methoxy groups -OCH3 is 1. The second-order valence-corrected chi connectivity index (χ2v) is 7.38. The van der Waals surface area contributed by atoms with Gasteiger partial charge in [0.25, 0.3) is 5.78 Å². The SMILES string of the molecule is COC(=O)[C@H]1C[NH+](Cn2nc3nc(C)cc(C)n3c2=S)CCS1. The summed E-state index contributed by atoms with van der Waals surface area (Å²) in [4.78, 5) is 17.5. The summed E-state index contributed by atoms with van der Waals surface area (Å²) in [6.07, 6.45) is 0. The number of quaternary nitrogens is 1. The van der Waals surface area contributed by atoms with E-state index in [0.717, 1.165) is 30.2 Å². The molecule has 2 atom stereocenters. The molecule has 1 unspecified atom stereocenters. The zero-order valence-corrected chi connectivity index (χ0v) is 15.0. The maximum Gasteiger partial charge on any atom is 0.324 e. The standard InChI is InChI=1S/C14H19N5O2S2/c1-9-6-10(2)19-13(15-9)16-18(14(19)22)8-17-4-5-23-11(7-17)12(20)21-3/h6,11H,4-5,7-8H2,1-3H3/p+1/t11-/m1/s1. The molecule has 0 radical (unpaired) electrons. The molecule has 1 fully saturated rings. The topological polar surface area (TPSA) is 65.9 Å². The lowest BCUT2D eigenvalue weighted by atomic mass is 10.3. The number of carbonyl (C=O) groups is 1. The van der Waals surface area contributed by atoms with Gasteiger partial charge in [0.1, 0.15) is 6.54 Å². The van der Waals surface area contributed by atoms with E-state index in [1.54, 1.807) is 11.8 Å². The number of nitrogens with one attached hydrogen (secondary N) is 1. The largest absolute Gasteiger partial charge is 0.468 e. The van der Waals surface area contributed by atoms with Crippen LogP contribution in [0.1, 0.15) is 11.4 Å². The summed E-state index contributed by atoms with van der Waals surface area (Å²) in [5.41, 5.74) is 1.95. The summed E-state index contributed by atoms with van der Waals surface area (Å²) < 4.78 is 9.20. The molecule has 0 bridgehead atoms. The van der Waals surface area contributed by atoms with E-state index in [4.69, 9.17) is 17.0 Å². The zero-order valence-electron chi connectivity index (χ0n) is 13.4. The lowest BCUT2D eigenvalue weighted by Crippen LogP contribution is -3.14. The van der Waals surface area contributed by atoms with Crippen molar-refractivity contribution in [1.29, 1.82) is 0 Å². The van der Waals surface area contributed by atoms with Gasteiger partial charge in [-0.3, -0.25) is 9.20 Å². The number of hydrogen-bond acceptors (Lipinski definition) is 6. The first-order chi connectivity index (χ1) is 11.0. The van der Waals surface area contributed by atoms with Gasteiger partial charge in [0.15, 0.2) is 11.9 Å². The fraction of sp³-hybridized carbons (Fsp3) is 0.571. The van der Waals surface area contributed by atoms with Gasteiger partial charge in [-0.15, -0.1) is 16.9 Å². The second kappa shape index (κ2) is 6.58. The number of rotatable bonds is 3. The zero-order chi connectivity index (χ0) is 16.6. The van der Waals surface area contributed by atoms with Crippen LogP contribution >= 0.6 is 24.0 Å². The van der Waals surface area contributed by atoms with Crippen molar-refractivity contribution in [2.75, 3.05) is 26.0 Å². The Hall–Kier alpha value is -1.45. The Balaban J connectivity index is 1.84. The average molecular weight is 354 g/mol. The van der Waals surface area contributed by atoms with Crippen molar-refractivity contribution in [1.82, 2.24) is 19.2 Å². The molecular formula is C14H20N5O2S2+. The molecule has 9 heteroatoms. The Bertz CT molecular complexity index is 800. The normalized spacial score (nSPS) is 21.5. The number of ether oxygens (including phenoxy) is 1. The number of nitrogens with zero attached hydrogens (tertiary/aromatic N) is 4. The molecule has 7 nitrogen and oxygen atoms in total. The predicted octanol–water partition coefficient (Wildman–Crippen LogP) is 0.00793. The smallest absolute Gasteiger partial charge is 0.324 e. The highest BCUT2D eigenvalue weighted by Crippen LogP contribution is 2.13. The summed E-state index contributed by atoms with van der Waals surface area (Å²) >= 11 is 7.20. The van der Waals surface area contributed by atoms with Gasteiger partial charge in [-0.05, 0) is 32.1 Å². The molecule has 0 aliphatic carbocycles. The Morgan fingerprint density at radius 1 is 1.57 bits per heavy atom. The van der Waals surface area contributed by atoms with E-state index < -0.39 is 0 Å². The van der Waals surface area contributed by atoms with Crippen molar-refractivity contribution in [2.24, 2.45) is 0 Å². The van der Waals surface area contributed by atoms with Gasteiger partial charge < -0.3 is 9.64 Å². The highest BCUT2D eigenvalue weighted by Gasteiger charge is 2.30. The molecule has 2 aromatic heterocycles. The van der Waals surface area contributed by atoms with Gasteiger partial charge in [-0.25, -0.2) is 4.98 Å². The molecule has 3 rings (SSSR count). The third kappa shape index (κ3) is 3.26. The quantitative estimate of drug-likeness (QED) is 0.619. The van der Waals surface area contributed by atoms with Crippen LogP contribution in [0.4, 0.5) is 0 Å². The van der Waals surface area contributed by atoms with Crippen LogP contribution in [0.5, 0.6) is 0 Å². The summed E-state index contributed by atoms with van der Waals surface area (Å²) in [5.74, 6) is 1.40. The van der Waals surface area contributed by atoms with Gasteiger partial charge in [0, 0.05) is 17.1 Å². The Morgan fingerprint density at radius 2 is 2.35 bits per heavy atom. The minimum Gasteiger partial charge on any atom is -0.468 e. The number of carbonyl (C=O) groups excluding carboxylic acids is 1. The molecule has 0 amide bonds. The van der Waals surface area contributed by atoms with Crippen molar-refractivity contribution in [3.05, 3.63) is 22.2 Å². The first-order valence-electron chi connectivity index (χ1n) is 7.46. The van der Waals surface area contributed by atoms with Crippen LogP contribution in [0.3, 0.4) is 0 Å². The van der Waals surface area contributed by atoms with E-state index in [-0.39, 0.29) is 11.2 Å². The molecule has 1 aliphatic rings. The number of aryl methyl sites for hydroxylation is 2. The molecule has 0 spiro atoms. The van der Waals surface area contributed by atoms with Crippen LogP contribution in [0.25, 0.3) is 5.78 Å². The van der Waals surface area contributed by atoms with Gasteiger partial charge in [-0.1, -0.05) is 0 Å². The first-order valence-corrected chi connectivity index (χ1v) is 8.92. The van der Waals surface area contributed by atoms with Crippen molar-refractivity contribution in [2.45, 2.75) is 25.8 Å². The van der Waals surface area contributed by atoms with Crippen molar-refractivity contribution in [3.63, 3.8) is 0 Å². The van der Waals surface area contributed by atoms with Crippen molar-refractivity contribution < 1.29 is 14.4 Å². The second-order valence-electron chi connectivity index (χ2n) is 5.70. The molecule has 2 aromatic rings. The third-order valence-electron chi connectivity index (χ3n) is 3.96. The Kier molecular flexibility index (Phi) is 4.69. The van der Waals surface area contributed by atoms with Gasteiger partial charge in [0.05, 0.1) is 13.7 Å². The molecule has 0 saturated carbocycles. The van der Waals surface area contributed by atoms with Crippen LogP contribution < -0.4 is 4.90 Å². The van der Waals surface area contributed by atoms with Crippen LogP contribution in [0.2, 0.25) is 0 Å². The molecule has 124 valence electrons. The van der Waals surface area contributed by atoms with Gasteiger partial charge in [0.2, 0.25) is 4.77 Å². The highest BCUT2D eigenvalue weighted by atomic mass is 32.2. The Labute approximate surface area is 143 Å². The van der Waals surface area contributed by atoms with Gasteiger partial charge >= 0.3 is 5.97 Å². The number of esters is 1. The maximum atomic E-state index is 11.7. The third-order valence-corrected chi connectivity index (χ3v) is 5.55. The molecule has 1 aliphatic heterocycles. The van der Waals surface area contributed by atoms with E-state index in [1.807, 2.05) is 29.0 Å². The fourth-order valence-corrected chi connectivity index (χ4v) is 4.45. The minimum absolute atomic E-state index is 0.114. The monoisotopic (exact) mass is 354 g/mol. The van der Waals surface area contributed by atoms with Crippen LogP contribution in [0, 0.1) is 18.6 Å². The Morgan fingerprint density at radius 3 is 3.09 bits per heavy atom. The summed E-state index contributed by atoms with van der Waals surface area (Å²) in [5, 5.41) is 4.42. The lowest BCUT2D eigenvalue weighted by molar-refractivity contribution is -0.921. The molecule has 1 saturated heterocycles. The molecule has 0 aromatic carbocycles. The van der Waals surface area contributed by atoms with E-state index in [2.05, 4.69) is 10.1 Å². The first kappa shape index (κ1) is 16.4. The minimum atomic E-state index is -0.154. The fourth-order valence-electron chi connectivity index (χ4n) is 2.84. The molecule has 23 heavy (non-hydrogen) atoms. The number of fused-ring (bicyclic) bond motifs is 1. The van der Waals surface area contributed by atoms with E-state index >= 15 is 0 Å². The van der Waals surface area contributed by atoms with E-state index in [9.17, 15) is 4.79 Å². The molecular weight excluding hydrogens is 334 g/mol. The number of hydrogen-bond donors (Lipinski definition) is 1. The van der Waals surface area contributed by atoms with E-state index in [0.29, 0.717) is 17.2 Å². The van der Waals surface area contributed by atoms with E-state index in [1.165, 1.54) is 12.0 Å². The van der Waals surface area contributed by atoms with Crippen molar-refractivity contribution in [3.8, 4) is 0 Å². The lowest BCUT2D eigenvalue weighted by Gasteiger charge is -2.27. The number of thioether (sulfide) groups is 1. The number of aromatic nitrogens is 4. The summed E-state index contributed by atoms with van der Waals surface area (Å²) in [7, 11) is 1.44. The molecule has 1 N–H and O–H groups in total. The average Bonchev–Trinajstić information content (AvgIpc) is 2.82. The highest BCUT2D eigenvalue weighted by molar-refractivity contribution is 8.00. The predicted molar refractivity (Wildman–Crippen MR) is 90.2 cm³/mol. The summed E-state index contributed by atoms with van der Waals surface area (Å²) in [6.45, 7) is 6.27. The molecule has 3 heterocycles. The van der Waals surface area contributed by atoms with Crippen LogP contribution in [0.15, 0.2) is 6.07 Å². The van der Waals surface area contributed by atoms with Crippen LogP contribution in [-0.4, -0.2) is 56.3 Å². The van der Waals surface area contributed by atoms with Crippen LogP contribution in [-0.2, 0) is 16.2 Å².